The van der Waals surface area contributed by atoms with Crippen molar-refractivity contribution in [1.29, 1.82) is 0 Å². The molecule has 0 radical (unpaired) electrons. The van der Waals surface area contributed by atoms with E-state index in [9.17, 15) is 0 Å². The summed E-state index contributed by atoms with van der Waals surface area (Å²) in [7, 11) is 0. The Morgan fingerprint density at radius 2 is 1.24 bits per heavy atom. The molecule has 0 amide bonds. The molecular formula is C29H61N3O. The Labute approximate surface area is 208 Å². The summed E-state index contributed by atoms with van der Waals surface area (Å²) >= 11 is 0. The lowest BCUT2D eigenvalue weighted by Gasteiger charge is -2.38. The minimum absolute atomic E-state index is 0.530. The van der Waals surface area contributed by atoms with Gasteiger partial charge in [-0.15, -0.1) is 0 Å². The van der Waals surface area contributed by atoms with Crippen LogP contribution in [0.3, 0.4) is 0 Å². The van der Waals surface area contributed by atoms with Crippen molar-refractivity contribution < 1.29 is 4.74 Å². The Bertz CT molecular complexity index is 452. The third kappa shape index (κ3) is 12.4. The first-order valence-electron chi connectivity index (χ1n) is 14.6. The number of ether oxygens (including phenoxy) is 1. The number of likely N-dealkylation sites (tertiary alicyclic amines) is 3. The molecule has 3 heterocycles. The summed E-state index contributed by atoms with van der Waals surface area (Å²) in [6, 6.07) is 2.33. The zero-order valence-electron chi connectivity index (χ0n) is 24.1. The van der Waals surface area contributed by atoms with Crippen LogP contribution in [0, 0.1) is 11.8 Å². The van der Waals surface area contributed by atoms with E-state index < -0.39 is 0 Å². The maximum atomic E-state index is 5.93. The molecule has 0 aliphatic carbocycles. The molecule has 1 atom stereocenters. The molecule has 0 saturated carbocycles. The van der Waals surface area contributed by atoms with E-state index >= 15 is 0 Å². The van der Waals surface area contributed by atoms with E-state index in [2.05, 4.69) is 63.2 Å². The van der Waals surface area contributed by atoms with Crippen LogP contribution in [0.1, 0.15) is 107 Å². The van der Waals surface area contributed by atoms with Gasteiger partial charge in [0.05, 0.1) is 6.10 Å². The molecule has 3 rings (SSSR count). The highest BCUT2D eigenvalue weighted by Crippen LogP contribution is 2.24. The molecule has 0 aromatic heterocycles. The van der Waals surface area contributed by atoms with Crippen molar-refractivity contribution in [2.45, 2.75) is 131 Å². The van der Waals surface area contributed by atoms with Crippen molar-refractivity contribution >= 4 is 0 Å². The predicted molar refractivity (Wildman–Crippen MR) is 146 cm³/mol. The highest BCUT2D eigenvalue weighted by atomic mass is 16.5. The minimum atomic E-state index is 0.530. The van der Waals surface area contributed by atoms with Gasteiger partial charge in [0, 0.05) is 44.4 Å². The fraction of sp³-hybridized carbons (Fsp3) is 1.00. The van der Waals surface area contributed by atoms with Gasteiger partial charge in [-0.2, -0.15) is 0 Å². The van der Waals surface area contributed by atoms with Crippen molar-refractivity contribution in [2.24, 2.45) is 11.8 Å². The lowest BCUT2D eigenvalue weighted by molar-refractivity contribution is -0.000759. The largest absolute Gasteiger partial charge is 0.378 e. The second-order valence-corrected chi connectivity index (χ2v) is 11.5. The topological polar surface area (TPSA) is 19.0 Å². The van der Waals surface area contributed by atoms with Crippen LogP contribution in [0.2, 0.25) is 0 Å². The molecule has 3 fully saturated rings. The first-order chi connectivity index (χ1) is 15.8. The van der Waals surface area contributed by atoms with E-state index in [-0.39, 0.29) is 0 Å². The van der Waals surface area contributed by atoms with Gasteiger partial charge in [-0.05, 0) is 104 Å². The molecule has 0 bridgehead atoms. The fourth-order valence-electron chi connectivity index (χ4n) is 5.37. The van der Waals surface area contributed by atoms with Crippen LogP contribution in [0.15, 0.2) is 0 Å². The molecule has 4 nitrogen and oxygen atoms in total. The van der Waals surface area contributed by atoms with Crippen molar-refractivity contribution in [2.75, 3.05) is 45.9 Å². The van der Waals surface area contributed by atoms with Gasteiger partial charge in [-0.25, -0.2) is 0 Å². The number of piperidine rings is 2. The van der Waals surface area contributed by atoms with Gasteiger partial charge >= 0.3 is 0 Å². The van der Waals surface area contributed by atoms with Gasteiger partial charge in [0.15, 0.2) is 0 Å². The number of nitrogens with zero attached hydrogens (tertiary/aromatic N) is 3. The standard InChI is InChI=1S/C14H29NO.C13H26N2.C2H6/c1-12(2)6-5-11-16-14-7-9-15(10-8-14)13(3)4;1-11(2)14-8-5-13(6-9-14)15-7-4-12(3)10-15;1-2/h12-14H,5-11H2,1-4H3;11-13H,4-10H2,1-3H3;1-2H3. The zero-order chi connectivity index (χ0) is 24.8. The average molecular weight is 468 g/mol. The molecular weight excluding hydrogens is 406 g/mol. The van der Waals surface area contributed by atoms with Crippen molar-refractivity contribution in [3.63, 3.8) is 0 Å². The lowest BCUT2D eigenvalue weighted by atomic mass is 10.0. The summed E-state index contributed by atoms with van der Waals surface area (Å²) in [6.45, 7) is 28.9. The zero-order valence-corrected chi connectivity index (χ0v) is 24.1. The molecule has 0 aromatic rings. The Balaban J connectivity index is 0.000000307. The van der Waals surface area contributed by atoms with Crippen molar-refractivity contribution in [1.82, 2.24) is 14.7 Å². The second-order valence-electron chi connectivity index (χ2n) is 11.5. The Morgan fingerprint density at radius 3 is 1.67 bits per heavy atom. The van der Waals surface area contributed by atoms with Gasteiger partial charge in [-0.1, -0.05) is 34.6 Å². The van der Waals surface area contributed by atoms with E-state index in [1.807, 2.05) is 13.8 Å². The van der Waals surface area contributed by atoms with Crippen LogP contribution in [0.4, 0.5) is 0 Å². The van der Waals surface area contributed by atoms with Crippen LogP contribution in [-0.4, -0.2) is 84.8 Å². The van der Waals surface area contributed by atoms with E-state index in [1.54, 1.807) is 0 Å². The molecule has 0 N–H and O–H groups in total. The first-order valence-corrected chi connectivity index (χ1v) is 14.6. The second kappa shape index (κ2) is 17.3. The van der Waals surface area contributed by atoms with Crippen LogP contribution >= 0.6 is 0 Å². The highest BCUT2D eigenvalue weighted by molar-refractivity contribution is 4.85. The number of hydrogen-bond acceptors (Lipinski definition) is 4. The summed E-state index contributed by atoms with van der Waals surface area (Å²) < 4.78 is 5.93. The molecule has 198 valence electrons. The summed E-state index contributed by atoms with van der Waals surface area (Å²) in [5.41, 5.74) is 0. The van der Waals surface area contributed by atoms with Crippen molar-refractivity contribution in [3.05, 3.63) is 0 Å². The Kier molecular flexibility index (Phi) is 16.2. The van der Waals surface area contributed by atoms with Gasteiger partial charge in [0.2, 0.25) is 0 Å². The third-order valence-electron chi connectivity index (χ3n) is 7.69. The fourth-order valence-corrected chi connectivity index (χ4v) is 5.37. The van der Waals surface area contributed by atoms with Crippen LogP contribution in [0.25, 0.3) is 0 Å². The molecule has 0 aromatic carbocycles. The van der Waals surface area contributed by atoms with Gasteiger partial charge in [0.25, 0.3) is 0 Å². The maximum Gasteiger partial charge on any atom is 0.0599 e. The molecule has 0 spiro atoms. The molecule has 3 aliphatic rings. The van der Waals surface area contributed by atoms with E-state index in [4.69, 9.17) is 4.74 Å². The summed E-state index contributed by atoms with van der Waals surface area (Å²) in [4.78, 5) is 7.91. The molecule has 3 saturated heterocycles. The van der Waals surface area contributed by atoms with E-state index in [1.165, 1.54) is 84.2 Å². The van der Waals surface area contributed by atoms with Gasteiger partial charge in [-0.3, -0.25) is 0 Å². The monoisotopic (exact) mass is 467 g/mol. The van der Waals surface area contributed by atoms with Crippen LogP contribution in [0.5, 0.6) is 0 Å². The Morgan fingerprint density at radius 1 is 0.727 bits per heavy atom. The van der Waals surface area contributed by atoms with Gasteiger partial charge in [0.1, 0.15) is 0 Å². The number of hydrogen-bond donors (Lipinski definition) is 0. The summed E-state index contributed by atoms with van der Waals surface area (Å²) in [5, 5.41) is 0. The Hall–Kier alpha value is -0.160. The highest BCUT2D eigenvalue weighted by Gasteiger charge is 2.29. The van der Waals surface area contributed by atoms with E-state index in [0.717, 1.165) is 30.5 Å². The lowest BCUT2D eigenvalue weighted by Crippen LogP contribution is -2.46. The average Bonchev–Trinajstić information content (AvgIpc) is 3.25. The molecule has 4 heteroatoms. The normalized spacial score (nSPS) is 24.2. The summed E-state index contributed by atoms with van der Waals surface area (Å²) in [5.74, 6) is 1.75. The predicted octanol–water partition coefficient (Wildman–Crippen LogP) is 6.54. The first kappa shape index (κ1) is 30.9. The van der Waals surface area contributed by atoms with E-state index in [0.29, 0.717) is 12.1 Å². The SMILES string of the molecule is CC.CC(C)CCCOC1CCN(C(C)C)CC1.CC1CCN(C2CCN(C(C)C)CC2)C1. The minimum Gasteiger partial charge on any atom is -0.378 e. The summed E-state index contributed by atoms with van der Waals surface area (Å²) in [6.07, 6.45) is 9.70. The van der Waals surface area contributed by atoms with Crippen LogP contribution in [-0.2, 0) is 4.74 Å². The smallest absolute Gasteiger partial charge is 0.0599 e. The third-order valence-corrected chi connectivity index (χ3v) is 7.69. The maximum absolute atomic E-state index is 5.93. The molecule has 3 aliphatic heterocycles. The van der Waals surface area contributed by atoms with Crippen LogP contribution < -0.4 is 0 Å². The van der Waals surface area contributed by atoms with Crippen molar-refractivity contribution in [3.8, 4) is 0 Å². The quantitative estimate of drug-likeness (QED) is 0.377. The molecule has 1 unspecified atom stereocenters. The van der Waals surface area contributed by atoms with Gasteiger partial charge < -0.3 is 19.4 Å². The molecule has 33 heavy (non-hydrogen) atoms. The number of rotatable bonds is 8.